The number of ether oxygens (including phenoxy) is 1. The van der Waals surface area contributed by atoms with E-state index < -0.39 is 6.04 Å². The molecule has 3 rings (SSSR count). The number of aromatic hydroxyl groups is 1. The number of nitrogens with zero attached hydrogens (tertiary/aromatic N) is 1. The van der Waals surface area contributed by atoms with Crippen LogP contribution in [0.15, 0.2) is 54.1 Å². The van der Waals surface area contributed by atoms with Crippen molar-refractivity contribution in [2.24, 2.45) is 4.99 Å². The van der Waals surface area contributed by atoms with Gasteiger partial charge in [0.1, 0.15) is 5.75 Å². The molecule has 0 fully saturated rings. The molecular formula is C20H19NO3S. The van der Waals surface area contributed by atoms with Crippen LogP contribution in [0.4, 0.5) is 0 Å². The lowest BCUT2D eigenvalue weighted by Gasteiger charge is -2.08. The second-order valence-corrected chi connectivity index (χ2v) is 6.73. The molecule has 0 spiro atoms. The highest BCUT2D eigenvalue weighted by Gasteiger charge is 2.24. The van der Waals surface area contributed by atoms with Crippen LogP contribution in [-0.4, -0.2) is 35.0 Å². The van der Waals surface area contributed by atoms with Gasteiger partial charge < -0.3 is 9.84 Å². The van der Waals surface area contributed by atoms with Crippen LogP contribution in [0, 0.1) is 0 Å². The molecule has 0 aromatic heterocycles. The van der Waals surface area contributed by atoms with Gasteiger partial charge in [-0.1, -0.05) is 30.4 Å². The van der Waals surface area contributed by atoms with E-state index in [0.717, 1.165) is 26.9 Å². The van der Waals surface area contributed by atoms with Crippen molar-refractivity contribution in [2.45, 2.75) is 12.5 Å². The first kappa shape index (κ1) is 17.3. The molecule has 0 unspecified atom stereocenters. The molecule has 0 bridgehead atoms. The largest absolute Gasteiger partial charge is 0.508 e. The number of benzene rings is 2. The summed E-state index contributed by atoms with van der Waals surface area (Å²) in [5.74, 6) is 0.617. The maximum absolute atomic E-state index is 11.5. The molecule has 0 saturated heterocycles. The van der Waals surface area contributed by atoms with Crippen LogP contribution in [0.5, 0.6) is 5.75 Å². The van der Waals surface area contributed by atoms with E-state index >= 15 is 0 Å². The molecule has 1 aliphatic rings. The Labute approximate surface area is 150 Å². The van der Waals surface area contributed by atoms with Crippen molar-refractivity contribution in [3.05, 3.63) is 60.2 Å². The summed E-state index contributed by atoms with van der Waals surface area (Å²) in [6.45, 7) is 3.75. The van der Waals surface area contributed by atoms with Gasteiger partial charge in [-0.25, -0.2) is 4.79 Å². The summed E-state index contributed by atoms with van der Waals surface area (Å²) in [5.41, 5.74) is 1.92. The van der Waals surface area contributed by atoms with E-state index in [4.69, 9.17) is 4.74 Å². The average Bonchev–Trinajstić information content (AvgIpc) is 3.10. The number of aliphatic imine (C=N–C) groups is 1. The normalized spacial score (nSPS) is 17.0. The van der Waals surface area contributed by atoms with E-state index in [0.29, 0.717) is 17.9 Å². The highest BCUT2D eigenvalue weighted by molar-refractivity contribution is 8.14. The van der Waals surface area contributed by atoms with Crippen LogP contribution in [0.3, 0.4) is 0 Å². The Balaban J connectivity index is 1.84. The molecule has 0 amide bonds. The van der Waals surface area contributed by atoms with Gasteiger partial charge in [0.15, 0.2) is 6.04 Å². The summed E-state index contributed by atoms with van der Waals surface area (Å²) >= 11 is 1.55. The summed E-state index contributed by atoms with van der Waals surface area (Å²) < 4.78 is 4.72. The molecule has 128 valence electrons. The number of methoxy groups -OCH3 is 1. The Hall–Kier alpha value is -2.53. The Bertz CT molecular complexity index is 886. The predicted molar refractivity (Wildman–Crippen MR) is 104 cm³/mol. The molecule has 4 nitrogen and oxygen atoms in total. The number of phenolic OH excluding ortho intramolecular Hbond substituents is 1. The number of esters is 1. The second kappa shape index (κ2) is 7.57. The number of phenols is 1. The fourth-order valence-corrected chi connectivity index (χ4v) is 3.68. The number of allylic oxidation sites excluding steroid dienone is 1. The van der Waals surface area contributed by atoms with Crippen molar-refractivity contribution in [3.63, 3.8) is 0 Å². The van der Waals surface area contributed by atoms with Gasteiger partial charge in [-0.2, -0.15) is 0 Å². The minimum atomic E-state index is -0.407. The number of hydrogen-bond acceptors (Lipinski definition) is 5. The van der Waals surface area contributed by atoms with Crippen molar-refractivity contribution < 1.29 is 14.6 Å². The lowest BCUT2D eigenvalue weighted by molar-refractivity contribution is -0.141. The SMILES string of the molecule is C=CCc1c(O)ccc2cc(C=CC3=N[C@@H](C(=O)OC)CS3)ccc12. The Kier molecular flexibility index (Phi) is 5.24. The molecule has 2 aromatic rings. The summed E-state index contributed by atoms with van der Waals surface area (Å²) in [5, 5.41) is 12.9. The molecule has 0 radical (unpaired) electrons. The van der Waals surface area contributed by atoms with Crippen LogP contribution in [0.1, 0.15) is 11.1 Å². The Morgan fingerprint density at radius 1 is 1.40 bits per heavy atom. The summed E-state index contributed by atoms with van der Waals surface area (Å²) in [7, 11) is 1.38. The number of thioether (sulfide) groups is 1. The van der Waals surface area contributed by atoms with E-state index in [2.05, 4.69) is 17.6 Å². The molecule has 1 aliphatic heterocycles. The molecule has 1 atom stereocenters. The molecule has 0 saturated carbocycles. The summed E-state index contributed by atoms with van der Waals surface area (Å²) in [4.78, 5) is 15.9. The zero-order valence-electron chi connectivity index (χ0n) is 13.9. The van der Waals surface area contributed by atoms with Crippen LogP contribution < -0.4 is 0 Å². The van der Waals surface area contributed by atoms with E-state index in [-0.39, 0.29) is 5.97 Å². The Morgan fingerprint density at radius 3 is 3.00 bits per heavy atom. The fraction of sp³-hybridized carbons (Fsp3) is 0.200. The second-order valence-electron chi connectivity index (χ2n) is 5.69. The van der Waals surface area contributed by atoms with Crippen LogP contribution in [0.2, 0.25) is 0 Å². The fourth-order valence-electron chi connectivity index (χ4n) is 2.77. The highest BCUT2D eigenvalue weighted by Crippen LogP contribution is 2.29. The van der Waals surface area contributed by atoms with Crippen molar-refractivity contribution in [2.75, 3.05) is 12.9 Å². The quantitative estimate of drug-likeness (QED) is 0.653. The average molecular weight is 353 g/mol. The Morgan fingerprint density at radius 2 is 2.24 bits per heavy atom. The third kappa shape index (κ3) is 3.77. The minimum Gasteiger partial charge on any atom is -0.508 e. The van der Waals surface area contributed by atoms with Crippen molar-refractivity contribution in [3.8, 4) is 5.75 Å². The topological polar surface area (TPSA) is 58.9 Å². The van der Waals surface area contributed by atoms with Gasteiger partial charge in [0, 0.05) is 11.3 Å². The highest BCUT2D eigenvalue weighted by atomic mass is 32.2. The van der Waals surface area contributed by atoms with Gasteiger partial charge >= 0.3 is 5.97 Å². The van der Waals surface area contributed by atoms with E-state index in [9.17, 15) is 9.90 Å². The third-order valence-corrected chi connectivity index (χ3v) is 5.06. The lowest BCUT2D eigenvalue weighted by Crippen LogP contribution is -2.19. The zero-order chi connectivity index (χ0) is 17.8. The predicted octanol–water partition coefficient (Wildman–Crippen LogP) is 3.97. The number of carbonyl (C=O) groups is 1. The van der Waals surface area contributed by atoms with Gasteiger partial charge in [0.05, 0.1) is 12.2 Å². The van der Waals surface area contributed by atoms with Crippen LogP contribution in [0.25, 0.3) is 16.8 Å². The van der Waals surface area contributed by atoms with Crippen molar-refractivity contribution >= 4 is 39.6 Å². The monoisotopic (exact) mass is 353 g/mol. The standard InChI is InChI=1S/C20H19NO3S/c1-3-4-16-15-8-5-13(11-14(15)7-9-18(16)22)6-10-19-21-17(12-25-19)20(23)24-2/h3,5-11,17,22H,1,4,12H2,2H3/t17-/m1/s1. The van der Waals surface area contributed by atoms with Gasteiger partial charge in [0.25, 0.3) is 0 Å². The summed E-state index contributed by atoms with van der Waals surface area (Å²) in [6, 6.07) is 9.29. The zero-order valence-corrected chi connectivity index (χ0v) is 14.8. The van der Waals surface area contributed by atoms with Gasteiger partial charge in [0.2, 0.25) is 0 Å². The van der Waals surface area contributed by atoms with Gasteiger partial charge in [-0.3, -0.25) is 4.99 Å². The number of hydrogen-bond donors (Lipinski definition) is 1. The number of fused-ring (bicyclic) bond motifs is 1. The van der Waals surface area contributed by atoms with E-state index in [1.165, 1.54) is 7.11 Å². The molecule has 2 aromatic carbocycles. The minimum absolute atomic E-state index is 0.293. The van der Waals surface area contributed by atoms with Gasteiger partial charge in [-0.15, -0.1) is 18.3 Å². The smallest absolute Gasteiger partial charge is 0.331 e. The first-order chi connectivity index (χ1) is 12.1. The summed E-state index contributed by atoms with van der Waals surface area (Å²) in [6.07, 6.45) is 6.31. The van der Waals surface area contributed by atoms with Gasteiger partial charge in [-0.05, 0) is 41.0 Å². The maximum atomic E-state index is 11.5. The first-order valence-electron chi connectivity index (χ1n) is 7.94. The lowest BCUT2D eigenvalue weighted by atomic mass is 9.99. The third-order valence-electron chi connectivity index (χ3n) is 4.04. The van der Waals surface area contributed by atoms with Crippen molar-refractivity contribution in [1.82, 2.24) is 0 Å². The number of carbonyl (C=O) groups excluding carboxylic acids is 1. The van der Waals surface area contributed by atoms with Crippen LogP contribution >= 0.6 is 11.8 Å². The first-order valence-corrected chi connectivity index (χ1v) is 8.93. The number of rotatable bonds is 5. The van der Waals surface area contributed by atoms with E-state index in [1.54, 1.807) is 23.9 Å². The maximum Gasteiger partial charge on any atom is 0.331 e. The molecule has 1 heterocycles. The molecule has 1 N–H and O–H groups in total. The molecule has 5 heteroatoms. The van der Waals surface area contributed by atoms with Crippen LogP contribution in [-0.2, 0) is 16.0 Å². The van der Waals surface area contributed by atoms with Crippen molar-refractivity contribution in [1.29, 1.82) is 0 Å². The molecular weight excluding hydrogens is 334 g/mol. The van der Waals surface area contributed by atoms with E-state index in [1.807, 2.05) is 30.4 Å². The molecule has 25 heavy (non-hydrogen) atoms. The molecule has 0 aliphatic carbocycles.